The van der Waals surface area contributed by atoms with Crippen LogP contribution in [0.2, 0.25) is 0 Å². The second-order valence-electron chi connectivity index (χ2n) is 6.29. The van der Waals surface area contributed by atoms with Crippen LogP contribution in [0.5, 0.6) is 0 Å². The molecule has 2 rings (SSSR count). The van der Waals surface area contributed by atoms with E-state index < -0.39 is 36.1 Å². The predicted octanol–water partition coefficient (Wildman–Crippen LogP) is 2.24. The molecule has 2 aromatic rings. The molecule has 158 valence electrons. The fourth-order valence-electron chi connectivity index (χ4n) is 2.35. The standard InChI is InChI=1S/C21H20O9/c1-12-4-8-14(9-5-12)19(24)28-16(18(22)23)17(21(26)30-27-3)29-20(25)15-10-6-13(2)7-11-15/h4-11,16-17H,1-3H3,(H,22,23). The number of ether oxygens (including phenoxy) is 2. The van der Waals surface area contributed by atoms with Crippen molar-refractivity contribution in [2.24, 2.45) is 0 Å². The summed E-state index contributed by atoms with van der Waals surface area (Å²) in [4.78, 5) is 57.2. The number of carboxylic acid groups (broad SMARTS) is 1. The number of rotatable bonds is 8. The number of benzene rings is 2. The Morgan fingerprint density at radius 1 is 0.733 bits per heavy atom. The lowest BCUT2D eigenvalue weighted by Gasteiger charge is -2.22. The van der Waals surface area contributed by atoms with Crippen molar-refractivity contribution in [1.82, 2.24) is 0 Å². The van der Waals surface area contributed by atoms with Crippen LogP contribution in [0.15, 0.2) is 48.5 Å². The lowest BCUT2D eigenvalue weighted by molar-refractivity contribution is -0.265. The zero-order chi connectivity index (χ0) is 22.3. The van der Waals surface area contributed by atoms with E-state index in [1.807, 2.05) is 0 Å². The average Bonchev–Trinajstić information content (AvgIpc) is 2.71. The molecule has 0 saturated heterocycles. The van der Waals surface area contributed by atoms with Gasteiger partial charge in [-0.3, -0.25) is 4.89 Å². The number of carbonyl (C=O) groups excluding carboxylic acids is 3. The van der Waals surface area contributed by atoms with Crippen LogP contribution < -0.4 is 0 Å². The van der Waals surface area contributed by atoms with Gasteiger partial charge in [0.1, 0.15) is 0 Å². The average molecular weight is 416 g/mol. The van der Waals surface area contributed by atoms with Crippen molar-refractivity contribution in [3.05, 3.63) is 70.8 Å². The van der Waals surface area contributed by atoms with E-state index in [9.17, 15) is 24.3 Å². The second-order valence-corrected chi connectivity index (χ2v) is 6.29. The molecule has 0 amide bonds. The van der Waals surface area contributed by atoms with Gasteiger partial charge >= 0.3 is 23.9 Å². The molecule has 0 aliphatic carbocycles. The first-order chi connectivity index (χ1) is 14.2. The quantitative estimate of drug-likeness (QED) is 0.392. The Balaban J connectivity index is 2.28. The first-order valence-electron chi connectivity index (χ1n) is 8.75. The van der Waals surface area contributed by atoms with Crippen LogP contribution in [0.1, 0.15) is 31.8 Å². The molecule has 0 aliphatic heterocycles. The molecule has 1 N–H and O–H groups in total. The van der Waals surface area contributed by atoms with E-state index in [1.54, 1.807) is 38.1 Å². The number of hydrogen-bond donors (Lipinski definition) is 1. The van der Waals surface area contributed by atoms with Gasteiger partial charge in [-0.05, 0) is 38.1 Å². The van der Waals surface area contributed by atoms with Crippen molar-refractivity contribution in [3.8, 4) is 0 Å². The highest BCUT2D eigenvalue weighted by atomic mass is 17.2. The third kappa shape index (κ3) is 5.89. The third-order valence-electron chi connectivity index (χ3n) is 3.96. The Morgan fingerprint density at radius 2 is 1.13 bits per heavy atom. The number of carbonyl (C=O) groups is 4. The summed E-state index contributed by atoms with van der Waals surface area (Å²) in [6.45, 7) is 3.61. The summed E-state index contributed by atoms with van der Waals surface area (Å²) < 4.78 is 9.97. The van der Waals surface area contributed by atoms with Crippen molar-refractivity contribution < 1.29 is 43.5 Å². The monoisotopic (exact) mass is 416 g/mol. The van der Waals surface area contributed by atoms with Gasteiger partial charge in [-0.15, -0.1) is 0 Å². The molecule has 30 heavy (non-hydrogen) atoms. The van der Waals surface area contributed by atoms with E-state index in [2.05, 4.69) is 9.78 Å². The summed E-state index contributed by atoms with van der Waals surface area (Å²) >= 11 is 0. The molecule has 0 aliphatic rings. The molecule has 2 aromatic carbocycles. The first-order valence-corrected chi connectivity index (χ1v) is 8.75. The van der Waals surface area contributed by atoms with E-state index in [-0.39, 0.29) is 11.1 Å². The van der Waals surface area contributed by atoms with E-state index in [1.165, 1.54) is 24.3 Å². The molecule has 0 saturated carbocycles. The minimum Gasteiger partial charge on any atom is -0.478 e. The fourth-order valence-corrected chi connectivity index (χ4v) is 2.35. The summed E-state index contributed by atoms with van der Waals surface area (Å²) in [5, 5.41) is 9.50. The van der Waals surface area contributed by atoms with Crippen molar-refractivity contribution in [2.45, 2.75) is 26.1 Å². The van der Waals surface area contributed by atoms with Crippen molar-refractivity contribution in [3.63, 3.8) is 0 Å². The van der Waals surface area contributed by atoms with Crippen LogP contribution in [0.25, 0.3) is 0 Å². The lowest BCUT2D eigenvalue weighted by atomic mass is 10.1. The molecular formula is C21H20O9. The van der Waals surface area contributed by atoms with Gasteiger partial charge in [0.05, 0.1) is 18.2 Å². The summed E-state index contributed by atoms with van der Waals surface area (Å²) in [5.74, 6) is -5.11. The minimum atomic E-state index is -2.17. The van der Waals surface area contributed by atoms with Gasteiger partial charge in [0.15, 0.2) is 0 Å². The minimum absolute atomic E-state index is 0.0515. The molecule has 9 nitrogen and oxygen atoms in total. The lowest BCUT2D eigenvalue weighted by Crippen LogP contribution is -2.46. The summed E-state index contributed by atoms with van der Waals surface area (Å²) in [5.41, 5.74) is 1.85. The first kappa shape index (κ1) is 22.6. The fraction of sp³-hybridized carbons (Fsp3) is 0.238. The maximum absolute atomic E-state index is 12.4. The maximum Gasteiger partial charge on any atom is 0.387 e. The largest absolute Gasteiger partial charge is 0.478 e. The predicted molar refractivity (Wildman–Crippen MR) is 102 cm³/mol. The molecular weight excluding hydrogens is 396 g/mol. The van der Waals surface area contributed by atoms with Crippen molar-refractivity contribution in [2.75, 3.05) is 7.11 Å². The van der Waals surface area contributed by atoms with Crippen molar-refractivity contribution >= 4 is 23.9 Å². The SMILES string of the molecule is COOC(=O)C(OC(=O)c1ccc(C)cc1)C(OC(=O)c1ccc(C)cc1)C(=O)O. The zero-order valence-corrected chi connectivity index (χ0v) is 16.5. The highest BCUT2D eigenvalue weighted by Gasteiger charge is 2.42. The van der Waals surface area contributed by atoms with Gasteiger partial charge in [-0.2, -0.15) is 4.89 Å². The van der Waals surface area contributed by atoms with Crippen LogP contribution >= 0.6 is 0 Å². The Hall–Kier alpha value is -3.72. The van der Waals surface area contributed by atoms with Crippen LogP contribution in [-0.4, -0.2) is 48.3 Å². The maximum atomic E-state index is 12.4. The molecule has 0 spiro atoms. The molecule has 0 radical (unpaired) electrons. The molecule has 2 unspecified atom stereocenters. The number of aryl methyl sites for hydroxylation is 2. The molecule has 0 fully saturated rings. The van der Waals surface area contributed by atoms with E-state index in [4.69, 9.17) is 9.47 Å². The van der Waals surface area contributed by atoms with E-state index in [0.29, 0.717) is 0 Å². The number of esters is 2. The van der Waals surface area contributed by atoms with Gasteiger partial charge in [0, 0.05) is 0 Å². The molecule has 0 bridgehead atoms. The third-order valence-corrected chi connectivity index (χ3v) is 3.96. The summed E-state index contributed by atoms with van der Waals surface area (Å²) in [7, 11) is 1.00. The number of hydrogen-bond acceptors (Lipinski definition) is 8. The van der Waals surface area contributed by atoms with Crippen LogP contribution in [0.3, 0.4) is 0 Å². The van der Waals surface area contributed by atoms with Gasteiger partial charge < -0.3 is 14.6 Å². The highest BCUT2D eigenvalue weighted by molar-refractivity contribution is 5.95. The van der Waals surface area contributed by atoms with Gasteiger partial charge in [0.2, 0.25) is 12.2 Å². The van der Waals surface area contributed by atoms with E-state index >= 15 is 0 Å². The number of carboxylic acids is 1. The van der Waals surface area contributed by atoms with Gasteiger partial charge in [-0.1, -0.05) is 35.4 Å². The molecule has 0 aromatic heterocycles. The van der Waals surface area contributed by atoms with Crippen LogP contribution in [0.4, 0.5) is 0 Å². The topological polar surface area (TPSA) is 125 Å². The van der Waals surface area contributed by atoms with Crippen molar-refractivity contribution in [1.29, 1.82) is 0 Å². The van der Waals surface area contributed by atoms with Crippen LogP contribution in [-0.2, 0) is 28.8 Å². The van der Waals surface area contributed by atoms with Gasteiger partial charge in [-0.25, -0.2) is 19.2 Å². The van der Waals surface area contributed by atoms with E-state index in [0.717, 1.165) is 18.2 Å². The molecule has 0 heterocycles. The van der Waals surface area contributed by atoms with Gasteiger partial charge in [0.25, 0.3) is 0 Å². The van der Waals surface area contributed by atoms with Crippen LogP contribution in [0, 0.1) is 13.8 Å². The Labute approximate surface area is 172 Å². The normalized spacial score (nSPS) is 12.4. The Morgan fingerprint density at radius 3 is 1.50 bits per heavy atom. The molecule has 9 heteroatoms. The Bertz CT molecular complexity index is 916. The summed E-state index contributed by atoms with van der Waals surface area (Å²) in [6, 6.07) is 12.2. The second kappa shape index (κ2) is 10.2. The smallest absolute Gasteiger partial charge is 0.387 e. The Kier molecular flexibility index (Phi) is 7.65. The highest BCUT2D eigenvalue weighted by Crippen LogP contribution is 2.15. The number of aliphatic carboxylic acids is 1. The summed E-state index contributed by atoms with van der Waals surface area (Å²) in [6.07, 6.45) is -4.28. The molecule has 2 atom stereocenters. The zero-order valence-electron chi connectivity index (χ0n) is 16.5.